The zero-order valence-corrected chi connectivity index (χ0v) is 13.4. The highest BCUT2D eigenvalue weighted by atomic mass is 35.5. The lowest BCUT2D eigenvalue weighted by atomic mass is 10.0. The zero-order valence-electron chi connectivity index (χ0n) is 12.6. The van der Waals surface area contributed by atoms with Crippen LogP contribution >= 0.6 is 11.6 Å². The van der Waals surface area contributed by atoms with Gasteiger partial charge in [-0.05, 0) is 30.7 Å². The number of nitrogens with one attached hydrogen (secondary N) is 1. The second-order valence-corrected chi connectivity index (χ2v) is 5.62. The first-order valence-corrected chi connectivity index (χ1v) is 7.08. The summed E-state index contributed by atoms with van der Waals surface area (Å²) in [5.41, 5.74) is 3.21. The van der Waals surface area contributed by atoms with Gasteiger partial charge in [0.25, 0.3) is 0 Å². The molecule has 0 aliphatic rings. The van der Waals surface area contributed by atoms with E-state index in [-0.39, 0.29) is 5.78 Å². The van der Waals surface area contributed by atoms with Crippen LogP contribution in [0.25, 0.3) is 11.3 Å². The monoisotopic (exact) mass is 313 g/mol. The van der Waals surface area contributed by atoms with Gasteiger partial charge in [-0.25, -0.2) is 0 Å². The molecule has 0 saturated carbocycles. The standard InChI is InChI=1S/C17H16ClN3O/c1-11-4-5-13(18)9-14(11)17-12(10-19)8-15(20-17)16(22)6-7-21(2)3/h4-9,20H,1-3H3/b7-6+. The van der Waals surface area contributed by atoms with Crippen LogP contribution in [-0.4, -0.2) is 29.8 Å². The number of rotatable bonds is 4. The van der Waals surface area contributed by atoms with E-state index in [0.717, 1.165) is 11.1 Å². The molecule has 22 heavy (non-hydrogen) atoms. The number of halogens is 1. The van der Waals surface area contributed by atoms with Crippen LogP contribution in [0.1, 0.15) is 21.6 Å². The first kappa shape index (κ1) is 15.9. The number of allylic oxidation sites excluding steroid dienone is 1. The number of ketones is 1. The van der Waals surface area contributed by atoms with E-state index in [0.29, 0.717) is 22.0 Å². The number of hydrogen-bond donors (Lipinski definition) is 1. The molecule has 0 bridgehead atoms. The maximum atomic E-state index is 12.1. The van der Waals surface area contributed by atoms with Gasteiger partial charge in [-0.3, -0.25) is 4.79 Å². The molecule has 5 heteroatoms. The van der Waals surface area contributed by atoms with Crippen LogP contribution in [0.15, 0.2) is 36.5 Å². The highest BCUT2D eigenvalue weighted by Gasteiger charge is 2.15. The van der Waals surface area contributed by atoms with Gasteiger partial charge in [0.2, 0.25) is 5.78 Å². The van der Waals surface area contributed by atoms with Gasteiger partial charge in [0, 0.05) is 37.0 Å². The number of nitriles is 1. The molecule has 1 aromatic heterocycles. The summed E-state index contributed by atoms with van der Waals surface area (Å²) in [7, 11) is 3.67. The molecule has 0 fully saturated rings. The van der Waals surface area contributed by atoms with Crippen molar-refractivity contribution in [2.24, 2.45) is 0 Å². The van der Waals surface area contributed by atoms with Crippen LogP contribution < -0.4 is 0 Å². The Kier molecular flexibility index (Phi) is 4.69. The number of aryl methyl sites for hydroxylation is 1. The lowest BCUT2D eigenvalue weighted by Gasteiger charge is -2.05. The number of nitrogens with zero attached hydrogens (tertiary/aromatic N) is 2. The molecule has 112 valence electrons. The predicted molar refractivity (Wildman–Crippen MR) is 87.8 cm³/mol. The van der Waals surface area contributed by atoms with Gasteiger partial charge in [0.15, 0.2) is 0 Å². The topological polar surface area (TPSA) is 59.9 Å². The third-order valence-corrected chi connectivity index (χ3v) is 3.43. The van der Waals surface area contributed by atoms with Gasteiger partial charge in [-0.2, -0.15) is 5.26 Å². The van der Waals surface area contributed by atoms with Crippen LogP contribution in [-0.2, 0) is 0 Å². The number of H-pyrrole nitrogens is 1. The van der Waals surface area contributed by atoms with E-state index in [1.165, 1.54) is 6.08 Å². The number of aromatic nitrogens is 1. The van der Waals surface area contributed by atoms with Gasteiger partial charge in [0.1, 0.15) is 6.07 Å². The Balaban J connectivity index is 2.48. The Morgan fingerprint density at radius 2 is 2.09 bits per heavy atom. The molecular weight excluding hydrogens is 298 g/mol. The highest BCUT2D eigenvalue weighted by molar-refractivity contribution is 6.30. The van der Waals surface area contributed by atoms with Gasteiger partial charge >= 0.3 is 0 Å². The van der Waals surface area contributed by atoms with Crippen molar-refractivity contribution in [3.8, 4) is 17.3 Å². The second-order valence-electron chi connectivity index (χ2n) is 5.19. The Hall–Kier alpha value is -2.51. The van der Waals surface area contributed by atoms with Crippen LogP contribution in [0.2, 0.25) is 5.02 Å². The molecule has 1 heterocycles. The number of hydrogen-bond acceptors (Lipinski definition) is 3. The molecular formula is C17H16ClN3O. The minimum atomic E-state index is -0.184. The Bertz CT molecular complexity index is 782. The van der Waals surface area contributed by atoms with Crippen molar-refractivity contribution in [2.75, 3.05) is 14.1 Å². The van der Waals surface area contributed by atoms with E-state index in [4.69, 9.17) is 11.6 Å². The highest BCUT2D eigenvalue weighted by Crippen LogP contribution is 2.29. The molecule has 1 N–H and O–H groups in total. The van der Waals surface area contributed by atoms with Gasteiger partial charge in [-0.1, -0.05) is 17.7 Å². The first-order valence-electron chi connectivity index (χ1n) is 6.71. The fourth-order valence-electron chi connectivity index (χ4n) is 2.06. The quantitative estimate of drug-likeness (QED) is 0.690. The minimum Gasteiger partial charge on any atom is -0.383 e. The van der Waals surface area contributed by atoms with Crippen LogP contribution in [0.5, 0.6) is 0 Å². The van der Waals surface area contributed by atoms with Crippen molar-refractivity contribution in [3.05, 3.63) is 58.4 Å². The largest absolute Gasteiger partial charge is 0.383 e. The molecule has 1 aromatic carbocycles. The maximum Gasteiger partial charge on any atom is 0.203 e. The van der Waals surface area contributed by atoms with Crippen molar-refractivity contribution < 1.29 is 4.79 Å². The number of aromatic amines is 1. The Morgan fingerprint density at radius 1 is 1.36 bits per heavy atom. The summed E-state index contributed by atoms with van der Waals surface area (Å²) in [5.74, 6) is -0.184. The molecule has 0 atom stereocenters. The molecule has 0 radical (unpaired) electrons. The average molecular weight is 314 g/mol. The zero-order chi connectivity index (χ0) is 16.3. The van der Waals surface area contributed by atoms with Crippen molar-refractivity contribution in [2.45, 2.75) is 6.92 Å². The average Bonchev–Trinajstić information content (AvgIpc) is 2.91. The second kappa shape index (κ2) is 6.50. The first-order chi connectivity index (χ1) is 10.4. The summed E-state index contributed by atoms with van der Waals surface area (Å²) in [6, 6.07) is 9.15. The Morgan fingerprint density at radius 3 is 2.73 bits per heavy atom. The maximum absolute atomic E-state index is 12.1. The molecule has 0 saturated heterocycles. The summed E-state index contributed by atoms with van der Waals surface area (Å²) in [6.45, 7) is 1.93. The van der Waals surface area contributed by atoms with Crippen molar-refractivity contribution in [3.63, 3.8) is 0 Å². The van der Waals surface area contributed by atoms with E-state index >= 15 is 0 Å². The van der Waals surface area contributed by atoms with Crippen molar-refractivity contribution in [1.82, 2.24) is 9.88 Å². The molecule has 2 rings (SSSR count). The summed E-state index contributed by atoms with van der Waals surface area (Å²) >= 11 is 6.04. The lowest BCUT2D eigenvalue weighted by molar-refractivity contribution is 0.104. The third-order valence-electron chi connectivity index (χ3n) is 3.20. The fourth-order valence-corrected chi connectivity index (χ4v) is 2.23. The van der Waals surface area contributed by atoms with Gasteiger partial charge in [-0.15, -0.1) is 0 Å². The molecule has 0 aliphatic carbocycles. The van der Waals surface area contributed by atoms with E-state index in [1.807, 2.05) is 27.1 Å². The predicted octanol–water partition coefficient (Wildman–Crippen LogP) is 3.77. The summed E-state index contributed by atoms with van der Waals surface area (Å²) in [6.07, 6.45) is 3.13. The van der Waals surface area contributed by atoms with Crippen molar-refractivity contribution in [1.29, 1.82) is 5.26 Å². The van der Waals surface area contributed by atoms with Crippen LogP contribution in [0.3, 0.4) is 0 Å². The van der Waals surface area contributed by atoms with Gasteiger partial charge < -0.3 is 9.88 Å². The summed E-state index contributed by atoms with van der Waals surface area (Å²) < 4.78 is 0. The molecule has 4 nitrogen and oxygen atoms in total. The molecule has 0 aliphatic heterocycles. The third kappa shape index (κ3) is 3.38. The number of benzene rings is 1. The molecule has 0 amide bonds. The smallest absolute Gasteiger partial charge is 0.203 e. The van der Waals surface area contributed by atoms with Gasteiger partial charge in [0.05, 0.1) is 17.0 Å². The summed E-state index contributed by atoms with van der Waals surface area (Å²) in [4.78, 5) is 16.9. The number of carbonyl (C=O) groups excluding carboxylic acids is 1. The van der Waals surface area contributed by atoms with E-state index < -0.39 is 0 Å². The van der Waals surface area contributed by atoms with Crippen molar-refractivity contribution >= 4 is 17.4 Å². The minimum absolute atomic E-state index is 0.184. The van der Waals surface area contributed by atoms with Crippen LogP contribution in [0, 0.1) is 18.3 Å². The molecule has 2 aromatic rings. The Labute approximate surface area is 134 Å². The molecule has 0 unspecified atom stereocenters. The van der Waals surface area contributed by atoms with E-state index in [2.05, 4.69) is 11.1 Å². The summed E-state index contributed by atoms with van der Waals surface area (Å²) in [5, 5.41) is 9.90. The normalized spacial score (nSPS) is 10.7. The SMILES string of the molecule is Cc1ccc(Cl)cc1-c1[nH]c(C(=O)/C=C/N(C)C)cc1C#N. The van der Waals surface area contributed by atoms with Crippen LogP contribution in [0.4, 0.5) is 0 Å². The lowest BCUT2D eigenvalue weighted by Crippen LogP contribution is -2.03. The van der Waals surface area contributed by atoms with E-state index in [9.17, 15) is 10.1 Å². The fraction of sp³-hybridized carbons (Fsp3) is 0.176. The number of carbonyl (C=O) groups is 1. The van der Waals surface area contributed by atoms with E-state index in [1.54, 1.807) is 29.3 Å². The molecule has 0 spiro atoms.